The molecule has 1 aromatic heterocycles. The number of aliphatic hydroxyl groups excluding tert-OH is 1. The van der Waals surface area contributed by atoms with E-state index in [4.69, 9.17) is 16.6 Å². The molecule has 0 aliphatic rings. The Labute approximate surface area is 80.2 Å². The Balaban J connectivity index is 2.49. The second-order valence-electron chi connectivity index (χ2n) is 2.60. The lowest BCUT2D eigenvalue weighted by molar-refractivity contribution is -0.125. The van der Waals surface area contributed by atoms with E-state index in [1.54, 1.807) is 0 Å². The number of hydrogen-bond acceptors (Lipinski definition) is 6. The Kier molecular flexibility index (Phi) is 3.19. The maximum Gasteiger partial charge on any atom is 0.248 e. The van der Waals surface area contributed by atoms with Crippen LogP contribution in [0.3, 0.4) is 0 Å². The minimum atomic E-state index is -1.26. The summed E-state index contributed by atoms with van der Waals surface area (Å²) in [5, 5.41) is 11.6. The first-order valence-electron chi connectivity index (χ1n) is 3.89. The number of carbonyl (C=O) groups is 1. The topological polar surface area (TPSA) is 127 Å². The number of hydrogen-bond donors (Lipinski definition) is 4. The van der Waals surface area contributed by atoms with Crippen molar-refractivity contribution in [1.29, 1.82) is 0 Å². The highest BCUT2D eigenvalue weighted by molar-refractivity contribution is 5.79. The number of amides is 1. The van der Waals surface area contributed by atoms with E-state index < -0.39 is 12.0 Å². The molecule has 1 rings (SSSR count). The summed E-state index contributed by atoms with van der Waals surface area (Å²) >= 11 is 0. The Morgan fingerprint density at radius 3 is 3.00 bits per heavy atom. The average Bonchev–Trinajstić information content (AvgIpc) is 2.14. The summed E-state index contributed by atoms with van der Waals surface area (Å²) in [4.78, 5) is 18.1. The molecule has 0 spiro atoms. The standard InChI is InChI=1S/C7H11N5O2/c8-5-1-2-10-7(12-5)11-3-4(13)6(9)14/h1-2,4,13H,3H2,(H2,9,14)(H3,8,10,11,12). The maximum atomic E-state index is 10.5. The number of nitrogens with one attached hydrogen (secondary N) is 1. The van der Waals surface area contributed by atoms with Crippen LogP contribution in [0.2, 0.25) is 0 Å². The SMILES string of the molecule is NC(=O)C(O)CNc1nccc(N)n1. The third-order valence-electron chi connectivity index (χ3n) is 1.46. The number of aliphatic hydroxyl groups is 1. The summed E-state index contributed by atoms with van der Waals surface area (Å²) in [7, 11) is 0. The van der Waals surface area contributed by atoms with Crippen LogP contribution in [0, 0.1) is 0 Å². The molecule has 0 aliphatic heterocycles. The molecule has 1 heterocycles. The molecule has 0 saturated carbocycles. The Morgan fingerprint density at radius 1 is 1.71 bits per heavy atom. The van der Waals surface area contributed by atoms with Gasteiger partial charge in [-0.25, -0.2) is 4.98 Å². The van der Waals surface area contributed by atoms with Crippen LogP contribution in [0.4, 0.5) is 11.8 Å². The Hall–Kier alpha value is -1.89. The Morgan fingerprint density at radius 2 is 2.43 bits per heavy atom. The van der Waals surface area contributed by atoms with Gasteiger partial charge in [0.25, 0.3) is 0 Å². The molecule has 1 aromatic rings. The van der Waals surface area contributed by atoms with Crippen LogP contribution in [0.25, 0.3) is 0 Å². The first-order valence-corrected chi connectivity index (χ1v) is 3.89. The van der Waals surface area contributed by atoms with Crippen LogP contribution in [0.15, 0.2) is 12.3 Å². The highest BCUT2D eigenvalue weighted by atomic mass is 16.3. The lowest BCUT2D eigenvalue weighted by Crippen LogP contribution is -2.34. The normalized spacial score (nSPS) is 12.1. The number of aromatic nitrogens is 2. The fourth-order valence-corrected chi connectivity index (χ4v) is 0.746. The monoisotopic (exact) mass is 197 g/mol. The lowest BCUT2D eigenvalue weighted by atomic mass is 10.3. The van der Waals surface area contributed by atoms with E-state index >= 15 is 0 Å². The zero-order valence-electron chi connectivity index (χ0n) is 7.34. The lowest BCUT2D eigenvalue weighted by Gasteiger charge is -2.07. The van der Waals surface area contributed by atoms with Crippen LogP contribution in [-0.4, -0.2) is 33.6 Å². The van der Waals surface area contributed by atoms with Crippen LogP contribution in [0.1, 0.15) is 0 Å². The van der Waals surface area contributed by atoms with Crippen molar-refractivity contribution in [2.75, 3.05) is 17.6 Å². The largest absolute Gasteiger partial charge is 0.384 e. The number of carbonyl (C=O) groups excluding carboxylic acids is 1. The molecule has 7 heteroatoms. The first-order chi connectivity index (χ1) is 6.59. The van der Waals surface area contributed by atoms with Gasteiger partial charge in [-0.3, -0.25) is 4.79 Å². The average molecular weight is 197 g/mol. The van der Waals surface area contributed by atoms with E-state index in [-0.39, 0.29) is 12.5 Å². The smallest absolute Gasteiger partial charge is 0.248 e. The summed E-state index contributed by atoms with van der Waals surface area (Å²) in [6.45, 7) is -0.0429. The minimum Gasteiger partial charge on any atom is -0.384 e. The van der Waals surface area contributed by atoms with Crippen molar-refractivity contribution in [3.63, 3.8) is 0 Å². The second kappa shape index (κ2) is 4.38. The molecule has 0 saturated heterocycles. The van der Waals surface area contributed by atoms with E-state index in [0.717, 1.165) is 0 Å². The van der Waals surface area contributed by atoms with Crippen molar-refractivity contribution in [2.24, 2.45) is 5.73 Å². The predicted octanol–water partition coefficient (Wildman–Crippen LogP) is -1.68. The molecule has 6 N–H and O–H groups in total. The highest BCUT2D eigenvalue weighted by Gasteiger charge is 2.10. The van der Waals surface area contributed by atoms with E-state index in [2.05, 4.69) is 15.3 Å². The molecule has 0 aromatic carbocycles. The summed E-state index contributed by atoms with van der Waals surface area (Å²) in [5.74, 6) is -0.261. The fraction of sp³-hybridized carbons (Fsp3) is 0.286. The van der Waals surface area contributed by atoms with Gasteiger partial charge in [-0.2, -0.15) is 4.98 Å². The molecule has 1 amide bonds. The minimum absolute atomic E-state index is 0.0429. The Bertz CT molecular complexity index is 330. The molecule has 0 bridgehead atoms. The first kappa shape index (κ1) is 10.2. The number of nitrogen functional groups attached to an aromatic ring is 1. The van der Waals surface area contributed by atoms with Gasteiger partial charge in [0, 0.05) is 6.20 Å². The number of anilines is 2. The van der Waals surface area contributed by atoms with Gasteiger partial charge in [-0.05, 0) is 6.07 Å². The van der Waals surface area contributed by atoms with Crippen molar-refractivity contribution in [1.82, 2.24) is 9.97 Å². The summed E-state index contributed by atoms with van der Waals surface area (Å²) < 4.78 is 0. The molecule has 14 heavy (non-hydrogen) atoms. The number of nitrogens with two attached hydrogens (primary N) is 2. The quantitative estimate of drug-likeness (QED) is 0.456. The molecule has 0 aliphatic carbocycles. The van der Waals surface area contributed by atoms with Gasteiger partial charge >= 0.3 is 0 Å². The van der Waals surface area contributed by atoms with Crippen molar-refractivity contribution >= 4 is 17.7 Å². The van der Waals surface area contributed by atoms with Crippen molar-refractivity contribution < 1.29 is 9.90 Å². The van der Waals surface area contributed by atoms with Gasteiger partial charge in [0.1, 0.15) is 11.9 Å². The summed E-state index contributed by atoms with van der Waals surface area (Å²) in [5.41, 5.74) is 10.2. The summed E-state index contributed by atoms with van der Waals surface area (Å²) in [6, 6.07) is 1.52. The predicted molar refractivity (Wildman–Crippen MR) is 50.1 cm³/mol. The number of rotatable bonds is 4. The summed E-state index contributed by atoms with van der Waals surface area (Å²) in [6.07, 6.45) is 0.196. The molecule has 0 radical (unpaired) electrons. The van der Waals surface area contributed by atoms with E-state index in [1.165, 1.54) is 12.3 Å². The highest BCUT2D eigenvalue weighted by Crippen LogP contribution is 2.00. The van der Waals surface area contributed by atoms with Crippen LogP contribution in [0.5, 0.6) is 0 Å². The van der Waals surface area contributed by atoms with Gasteiger partial charge in [-0.1, -0.05) is 0 Å². The number of nitrogens with zero attached hydrogens (tertiary/aromatic N) is 2. The van der Waals surface area contributed by atoms with Crippen molar-refractivity contribution in [3.05, 3.63) is 12.3 Å². The van der Waals surface area contributed by atoms with Crippen molar-refractivity contribution in [3.8, 4) is 0 Å². The van der Waals surface area contributed by atoms with Gasteiger partial charge < -0.3 is 21.9 Å². The van der Waals surface area contributed by atoms with E-state index in [1.807, 2.05) is 0 Å². The van der Waals surface area contributed by atoms with E-state index in [9.17, 15) is 4.79 Å². The third kappa shape index (κ3) is 2.87. The third-order valence-corrected chi connectivity index (χ3v) is 1.46. The second-order valence-corrected chi connectivity index (χ2v) is 2.60. The van der Waals surface area contributed by atoms with Gasteiger partial charge in [0.05, 0.1) is 6.54 Å². The molecular formula is C7H11N5O2. The molecule has 7 nitrogen and oxygen atoms in total. The molecule has 0 fully saturated rings. The molecule has 1 atom stereocenters. The molecular weight excluding hydrogens is 186 g/mol. The number of primary amides is 1. The fourth-order valence-electron chi connectivity index (χ4n) is 0.746. The van der Waals surface area contributed by atoms with Crippen molar-refractivity contribution in [2.45, 2.75) is 6.10 Å². The molecule has 76 valence electrons. The zero-order valence-corrected chi connectivity index (χ0v) is 7.34. The van der Waals surface area contributed by atoms with Gasteiger partial charge in [0.2, 0.25) is 11.9 Å². The van der Waals surface area contributed by atoms with Gasteiger partial charge in [-0.15, -0.1) is 0 Å². The van der Waals surface area contributed by atoms with Gasteiger partial charge in [0.15, 0.2) is 0 Å². The van der Waals surface area contributed by atoms with Crippen LogP contribution in [-0.2, 0) is 4.79 Å². The maximum absolute atomic E-state index is 10.5. The van der Waals surface area contributed by atoms with Crippen LogP contribution >= 0.6 is 0 Å². The van der Waals surface area contributed by atoms with Crippen LogP contribution < -0.4 is 16.8 Å². The zero-order chi connectivity index (χ0) is 10.6. The van der Waals surface area contributed by atoms with E-state index in [0.29, 0.717) is 5.82 Å². The molecule has 1 unspecified atom stereocenters.